The van der Waals surface area contributed by atoms with Crippen molar-refractivity contribution < 1.29 is 23.9 Å². The van der Waals surface area contributed by atoms with Crippen molar-refractivity contribution in [1.82, 2.24) is 30.4 Å². The number of amides is 3. The Balaban J connectivity index is 1.28. The van der Waals surface area contributed by atoms with Crippen molar-refractivity contribution in [2.45, 2.75) is 81.8 Å². The molecule has 290 valence electrons. The molecule has 1 aliphatic heterocycles. The second-order valence-electron chi connectivity index (χ2n) is 14.0. The van der Waals surface area contributed by atoms with Gasteiger partial charge in [-0.05, 0) is 0 Å². The van der Waals surface area contributed by atoms with E-state index in [1.165, 1.54) is 16.9 Å². The van der Waals surface area contributed by atoms with Crippen molar-refractivity contribution in [2.75, 3.05) is 39.9 Å². The number of urea groups is 1. The fourth-order valence-corrected chi connectivity index (χ4v) is 10.7. The molecular weight excluding hydrogens is 784 g/mol. The Kier molecular flexibility index (Phi) is 17.0. The predicted molar refractivity (Wildman–Crippen MR) is 217 cm³/mol. The fourth-order valence-electron chi connectivity index (χ4n) is 6.25. The van der Waals surface area contributed by atoms with Crippen LogP contribution < -0.4 is 10.6 Å². The van der Waals surface area contributed by atoms with Crippen molar-refractivity contribution in [3.8, 4) is 0 Å². The molecule has 3 heterocycles. The summed E-state index contributed by atoms with van der Waals surface area (Å²) in [4.78, 5) is 54.6. The SMILES string of the molecule is CC(C)c1nc(CN(C)C(=O)N[C@@H](CCN2CCOCC2)C(=O)[AsH][C@H](CC[C@H](Cc2ccccc2)NC(=O)OCc2cncs2)Cc2ccccc2)cs1. The Morgan fingerprint density at radius 3 is 2.30 bits per heavy atom. The summed E-state index contributed by atoms with van der Waals surface area (Å²) in [6.45, 7) is 8.42. The number of nitrogens with one attached hydrogen (secondary N) is 2. The molecule has 4 atom stereocenters. The van der Waals surface area contributed by atoms with Crippen LogP contribution in [0.4, 0.5) is 9.59 Å². The molecule has 1 saturated heterocycles. The van der Waals surface area contributed by atoms with Crippen molar-refractivity contribution >= 4 is 55.1 Å². The first-order valence-corrected chi connectivity index (χ1v) is 22.7. The number of alkyl carbamates (subject to hydrolysis) is 1. The molecule has 3 amide bonds. The summed E-state index contributed by atoms with van der Waals surface area (Å²) in [5.74, 6) is 0.325. The molecule has 5 rings (SSSR count). The average Bonchev–Trinajstić information content (AvgIpc) is 3.89. The number of thiazole rings is 2. The molecule has 14 heteroatoms. The molecule has 1 unspecified atom stereocenters. The maximum atomic E-state index is 14.4. The van der Waals surface area contributed by atoms with E-state index in [0.717, 1.165) is 47.1 Å². The quantitative estimate of drug-likeness (QED) is 0.1000. The molecular formula is C40H53AsN6O5S2. The third-order valence-electron chi connectivity index (χ3n) is 9.27. The van der Waals surface area contributed by atoms with Crippen molar-refractivity contribution in [2.24, 2.45) is 0 Å². The standard InChI is InChI=1S/C40H53AsN6O5S2/c1-29(2)38-43-34(27-53-38)25-46(3)39(49)45-36(16-17-47-18-20-51-21-19-47)37(48)41-32(22-30-10-6-4-7-11-30)14-15-33(23-31-12-8-5-9-13-31)44-40(50)52-26-35-24-42-28-54-35/h4-13,24,27-29,32-33,36,41H,14-23,25-26H2,1-3H3,(H,44,50)(H,45,49)/t32-,33-,36+/m1/s1. The molecule has 4 aromatic rings. The zero-order valence-electron chi connectivity index (χ0n) is 31.4. The first kappa shape index (κ1) is 41.5. The zero-order valence-corrected chi connectivity index (χ0v) is 35.2. The maximum absolute atomic E-state index is 14.4. The molecule has 0 aliphatic carbocycles. The van der Waals surface area contributed by atoms with E-state index < -0.39 is 27.9 Å². The number of rotatable bonds is 20. The molecule has 2 aromatic heterocycles. The van der Waals surface area contributed by atoms with Crippen LogP contribution in [0, 0.1) is 0 Å². The Bertz CT molecular complexity index is 1710. The summed E-state index contributed by atoms with van der Waals surface area (Å²) in [5, 5.41) is 9.29. The first-order chi connectivity index (χ1) is 26.2. The van der Waals surface area contributed by atoms with Crippen molar-refractivity contribution in [1.29, 1.82) is 0 Å². The predicted octanol–water partition coefficient (Wildman–Crippen LogP) is 6.27. The van der Waals surface area contributed by atoms with Crippen LogP contribution in [0.1, 0.15) is 65.7 Å². The second-order valence-corrected chi connectivity index (χ2v) is 19.2. The Hall–Kier alpha value is -3.61. The summed E-state index contributed by atoms with van der Waals surface area (Å²) >= 11 is 1.84. The monoisotopic (exact) mass is 836 g/mol. The van der Waals surface area contributed by atoms with E-state index in [9.17, 15) is 14.4 Å². The zero-order chi connectivity index (χ0) is 38.1. The minimum atomic E-state index is -1.21. The van der Waals surface area contributed by atoms with Gasteiger partial charge in [-0.3, -0.25) is 0 Å². The van der Waals surface area contributed by atoms with Gasteiger partial charge in [0, 0.05) is 0 Å². The summed E-state index contributed by atoms with van der Waals surface area (Å²) in [7, 11) is 1.75. The number of ether oxygens (including phenoxy) is 2. The van der Waals surface area contributed by atoms with Crippen LogP contribution in [0.15, 0.2) is 77.8 Å². The molecule has 54 heavy (non-hydrogen) atoms. The van der Waals surface area contributed by atoms with Crippen LogP contribution >= 0.6 is 22.7 Å². The topological polar surface area (TPSA) is 126 Å². The molecule has 2 N–H and O–H groups in total. The van der Waals surface area contributed by atoms with E-state index in [1.54, 1.807) is 35.0 Å². The number of hydrogen-bond acceptors (Lipinski definition) is 10. The number of aromatic nitrogens is 2. The minimum absolute atomic E-state index is 0.109. The van der Waals surface area contributed by atoms with E-state index in [1.807, 2.05) is 41.8 Å². The number of benzene rings is 2. The number of carbonyl (C=O) groups is 3. The number of carbonyl (C=O) groups excluding carboxylic acids is 3. The second kappa shape index (κ2) is 22.1. The number of nitrogens with zero attached hydrogens (tertiary/aromatic N) is 4. The van der Waals surface area contributed by atoms with E-state index in [0.29, 0.717) is 51.5 Å². The van der Waals surface area contributed by atoms with Crippen LogP contribution in [0.25, 0.3) is 0 Å². The van der Waals surface area contributed by atoms with Gasteiger partial charge in [-0.1, -0.05) is 0 Å². The normalized spacial score (nSPS) is 15.2. The van der Waals surface area contributed by atoms with E-state index in [4.69, 9.17) is 14.5 Å². The van der Waals surface area contributed by atoms with E-state index in [-0.39, 0.29) is 28.0 Å². The van der Waals surface area contributed by atoms with Gasteiger partial charge in [0.1, 0.15) is 0 Å². The van der Waals surface area contributed by atoms with Crippen molar-refractivity contribution in [3.63, 3.8) is 0 Å². The van der Waals surface area contributed by atoms with Gasteiger partial charge in [0.05, 0.1) is 0 Å². The third kappa shape index (κ3) is 14.2. The van der Waals surface area contributed by atoms with Gasteiger partial charge in [-0.2, -0.15) is 0 Å². The molecule has 11 nitrogen and oxygen atoms in total. The van der Waals surface area contributed by atoms with Gasteiger partial charge in [0.25, 0.3) is 0 Å². The Morgan fingerprint density at radius 2 is 1.65 bits per heavy atom. The number of morpholine rings is 1. The Morgan fingerprint density at radius 1 is 0.944 bits per heavy atom. The van der Waals surface area contributed by atoms with Crippen LogP contribution in [0.3, 0.4) is 0 Å². The van der Waals surface area contributed by atoms with Gasteiger partial charge >= 0.3 is 336 Å². The third-order valence-corrected chi connectivity index (χ3v) is 14.4. The van der Waals surface area contributed by atoms with Gasteiger partial charge in [0.15, 0.2) is 0 Å². The first-order valence-electron chi connectivity index (χ1n) is 18.7. The van der Waals surface area contributed by atoms with E-state index in [2.05, 4.69) is 58.6 Å². The summed E-state index contributed by atoms with van der Waals surface area (Å²) < 4.78 is 11.3. The summed E-state index contributed by atoms with van der Waals surface area (Å²) in [6.07, 6.45) is 4.60. The van der Waals surface area contributed by atoms with Crippen molar-refractivity contribution in [3.05, 3.63) is 104 Å². The molecule has 1 fully saturated rings. The summed E-state index contributed by atoms with van der Waals surface area (Å²) in [5.41, 5.74) is 4.85. The van der Waals surface area contributed by atoms with Crippen LogP contribution in [-0.2, 0) is 40.3 Å². The van der Waals surface area contributed by atoms with Crippen LogP contribution in [0.2, 0.25) is 4.71 Å². The van der Waals surface area contributed by atoms with E-state index >= 15 is 0 Å². The molecule has 0 bridgehead atoms. The van der Waals surface area contributed by atoms with Crippen LogP contribution in [-0.4, -0.2) is 104 Å². The van der Waals surface area contributed by atoms with Crippen LogP contribution in [0.5, 0.6) is 0 Å². The molecule has 0 saturated carbocycles. The van der Waals surface area contributed by atoms with Gasteiger partial charge in [-0.15, -0.1) is 0 Å². The van der Waals surface area contributed by atoms with Gasteiger partial charge in [-0.25, -0.2) is 0 Å². The molecule has 0 radical (unpaired) electrons. The molecule has 1 aliphatic rings. The van der Waals surface area contributed by atoms with Gasteiger partial charge < -0.3 is 0 Å². The Labute approximate surface area is 333 Å². The fraction of sp³-hybridized carbons (Fsp3) is 0.475. The molecule has 2 aromatic carbocycles. The summed E-state index contributed by atoms with van der Waals surface area (Å²) in [6, 6.07) is 19.3. The molecule has 0 spiro atoms. The number of hydrogen-bond donors (Lipinski definition) is 2. The van der Waals surface area contributed by atoms with Gasteiger partial charge in [0.2, 0.25) is 0 Å². The average molecular weight is 837 g/mol.